The molecule has 1 N–H and O–H groups in total. The smallest absolute Gasteiger partial charge is 0.234 e. The second-order valence-electron chi connectivity index (χ2n) is 5.52. The first-order chi connectivity index (χ1) is 11.2. The Morgan fingerprint density at radius 3 is 2.39 bits per heavy atom. The molecule has 0 aliphatic carbocycles. The van der Waals surface area contributed by atoms with Crippen LogP contribution in [-0.2, 0) is 17.8 Å². The minimum absolute atomic E-state index is 0.0664. The molecule has 3 nitrogen and oxygen atoms in total. The molecule has 0 radical (unpaired) electrons. The number of rotatable bonds is 8. The number of halogens is 1. The highest BCUT2D eigenvalue weighted by atomic mass is 35.5. The largest absolute Gasteiger partial charge is 0.355 e. The molecule has 0 aliphatic rings. The molecule has 4 heteroatoms. The van der Waals surface area contributed by atoms with Gasteiger partial charge >= 0.3 is 0 Å². The van der Waals surface area contributed by atoms with Crippen molar-refractivity contribution in [3.05, 3.63) is 70.7 Å². The van der Waals surface area contributed by atoms with Crippen LogP contribution in [0.3, 0.4) is 0 Å². The van der Waals surface area contributed by atoms with E-state index in [0.29, 0.717) is 13.1 Å². The van der Waals surface area contributed by atoms with E-state index in [-0.39, 0.29) is 5.91 Å². The monoisotopic (exact) mass is 330 g/mol. The van der Waals surface area contributed by atoms with Gasteiger partial charge in [0.25, 0.3) is 0 Å². The summed E-state index contributed by atoms with van der Waals surface area (Å²) in [6.45, 7) is 4.78. The minimum atomic E-state index is 0.0664. The number of amides is 1. The molecule has 2 aromatic rings. The summed E-state index contributed by atoms with van der Waals surface area (Å²) in [5, 5.41) is 3.72. The van der Waals surface area contributed by atoms with Crippen molar-refractivity contribution in [3.63, 3.8) is 0 Å². The molecule has 0 bridgehead atoms. The molecule has 0 saturated carbocycles. The highest BCUT2D eigenvalue weighted by molar-refractivity contribution is 6.30. The van der Waals surface area contributed by atoms with Crippen LogP contribution in [0.15, 0.2) is 54.6 Å². The lowest BCUT2D eigenvalue weighted by molar-refractivity contribution is -0.122. The maximum absolute atomic E-state index is 12.1. The molecule has 0 unspecified atom stereocenters. The maximum atomic E-state index is 12.1. The van der Waals surface area contributed by atoms with Gasteiger partial charge in [-0.15, -0.1) is 0 Å². The molecule has 0 fully saturated rings. The predicted molar refractivity (Wildman–Crippen MR) is 95.6 cm³/mol. The maximum Gasteiger partial charge on any atom is 0.234 e. The van der Waals surface area contributed by atoms with E-state index in [1.807, 2.05) is 42.5 Å². The van der Waals surface area contributed by atoms with Gasteiger partial charge in [0.05, 0.1) is 6.54 Å². The summed E-state index contributed by atoms with van der Waals surface area (Å²) < 4.78 is 0. The number of nitrogens with zero attached hydrogens (tertiary/aromatic N) is 1. The van der Waals surface area contributed by atoms with E-state index < -0.39 is 0 Å². The Hall–Kier alpha value is -1.84. The van der Waals surface area contributed by atoms with Crippen molar-refractivity contribution in [1.82, 2.24) is 10.2 Å². The van der Waals surface area contributed by atoms with Gasteiger partial charge < -0.3 is 5.32 Å². The number of carbonyl (C=O) groups excluding carboxylic acids is 1. The fraction of sp³-hybridized carbons (Fsp3) is 0.316. The minimum Gasteiger partial charge on any atom is -0.355 e. The van der Waals surface area contributed by atoms with Crippen LogP contribution >= 0.6 is 11.6 Å². The van der Waals surface area contributed by atoms with Crippen molar-refractivity contribution in [2.24, 2.45) is 0 Å². The van der Waals surface area contributed by atoms with Crippen LogP contribution in [0.2, 0.25) is 5.02 Å². The Morgan fingerprint density at radius 1 is 1.04 bits per heavy atom. The van der Waals surface area contributed by atoms with Gasteiger partial charge in [0.2, 0.25) is 5.91 Å². The van der Waals surface area contributed by atoms with Gasteiger partial charge in [-0.1, -0.05) is 61.0 Å². The third-order valence-electron chi connectivity index (χ3n) is 3.71. The van der Waals surface area contributed by atoms with Crippen molar-refractivity contribution < 1.29 is 4.79 Å². The molecule has 23 heavy (non-hydrogen) atoms. The number of nitrogens with one attached hydrogen (secondary N) is 1. The molecular formula is C19H23ClN2O. The summed E-state index contributed by atoms with van der Waals surface area (Å²) in [4.78, 5) is 14.2. The van der Waals surface area contributed by atoms with Gasteiger partial charge in [0.15, 0.2) is 0 Å². The molecule has 2 aromatic carbocycles. The van der Waals surface area contributed by atoms with E-state index in [0.717, 1.165) is 24.5 Å². The molecular weight excluding hydrogens is 308 g/mol. The fourth-order valence-electron chi connectivity index (χ4n) is 2.38. The zero-order chi connectivity index (χ0) is 16.5. The van der Waals surface area contributed by atoms with Crippen LogP contribution in [-0.4, -0.2) is 30.4 Å². The molecule has 2 rings (SSSR count). The highest BCUT2D eigenvalue weighted by Crippen LogP contribution is 2.09. The van der Waals surface area contributed by atoms with Crippen molar-refractivity contribution >= 4 is 17.5 Å². The first-order valence-electron chi connectivity index (χ1n) is 7.95. The van der Waals surface area contributed by atoms with Crippen LogP contribution in [0.5, 0.6) is 0 Å². The van der Waals surface area contributed by atoms with Crippen LogP contribution in [0.25, 0.3) is 0 Å². The number of hydrogen-bond donors (Lipinski definition) is 1. The number of hydrogen-bond acceptors (Lipinski definition) is 2. The Labute approximate surface area is 143 Å². The highest BCUT2D eigenvalue weighted by Gasteiger charge is 2.09. The van der Waals surface area contributed by atoms with Crippen LogP contribution in [0.1, 0.15) is 18.1 Å². The molecule has 122 valence electrons. The summed E-state index contributed by atoms with van der Waals surface area (Å²) in [5.74, 6) is 0.0664. The third kappa shape index (κ3) is 6.43. The summed E-state index contributed by atoms with van der Waals surface area (Å²) in [5.41, 5.74) is 2.40. The second kappa shape index (κ2) is 9.33. The lowest BCUT2D eigenvalue weighted by atomic mass is 10.1. The van der Waals surface area contributed by atoms with E-state index in [4.69, 9.17) is 11.6 Å². The van der Waals surface area contributed by atoms with Crippen LogP contribution in [0, 0.1) is 0 Å². The van der Waals surface area contributed by atoms with E-state index in [1.165, 1.54) is 11.1 Å². The van der Waals surface area contributed by atoms with Crippen molar-refractivity contribution in [3.8, 4) is 0 Å². The van der Waals surface area contributed by atoms with Gasteiger partial charge in [0, 0.05) is 18.1 Å². The Kier molecular flexibility index (Phi) is 7.11. The molecule has 0 aromatic heterocycles. The fourth-order valence-corrected chi connectivity index (χ4v) is 2.50. The van der Waals surface area contributed by atoms with Gasteiger partial charge in [0.1, 0.15) is 0 Å². The quantitative estimate of drug-likeness (QED) is 0.803. The van der Waals surface area contributed by atoms with Gasteiger partial charge in [-0.05, 0) is 36.2 Å². The first-order valence-corrected chi connectivity index (χ1v) is 8.32. The zero-order valence-corrected chi connectivity index (χ0v) is 14.2. The Bertz CT molecular complexity index is 599. The summed E-state index contributed by atoms with van der Waals surface area (Å²) in [6.07, 6.45) is 0.813. The summed E-state index contributed by atoms with van der Waals surface area (Å²) >= 11 is 5.86. The predicted octanol–water partition coefficient (Wildman–Crippen LogP) is 3.52. The van der Waals surface area contributed by atoms with Crippen LogP contribution < -0.4 is 5.32 Å². The Balaban J connectivity index is 1.73. The van der Waals surface area contributed by atoms with Crippen molar-refractivity contribution in [2.75, 3.05) is 19.6 Å². The number of benzene rings is 2. The number of likely N-dealkylation sites (N-methyl/N-ethyl adjacent to an activating group) is 1. The lowest BCUT2D eigenvalue weighted by Crippen LogP contribution is -2.37. The molecule has 1 amide bonds. The SMILES string of the molecule is CCN(CC(=O)NCCc1ccc(Cl)cc1)Cc1ccccc1. The van der Waals surface area contributed by atoms with Gasteiger partial charge in [-0.2, -0.15) is 0 Å². The first kappa shape index (κ1) is 17.5. The summed E-state index contributed by atoms with van der Waals surface area (Å²) in [7, 11) is 0. The summed E-state index contributed by atoms with van der Waals surface area (Å²) in [6, 6.07) is 17.9. The molecule has 0 saturated heterocycles. The average molecular weight is 331 g/mol. The van der Waals surface area contributed by atoms with Gasteiger partial charge in [-0.25, -0.2) is 0 Å². The van der Waals surface area contributed by atoms with Crippen molar-refractivity contribution in [1.29, 1.82) is 0 Å². The van der Waals surface area contributed by atoms with E-state index in [2.05, 4.69) is 29.3 Å². The van der Waals surface area contributed by atoms with Crippen molar-refractivity contribution in [2.45, 2.75) is 19.9 Å². The van der Waals surface area contributed by atoms with E-state index in [1.54, 1.807) is 0 Å². The normalized spacial score (nSPS) is 10.7. The average Bonchev–Trinajstić information content (AvgIpc) is 2.57. The number of carbonyl (C=O) groups is 1. The lowest BCUT2D eigenvalue weighted by Gasteiger charge is -2.20. The van der Waals surface area contributed by atoms with E-state index in [9.17, 15) is 4.79 Å². The van der Waals surface area contributed by atoms with Crippen LogP contribution in [0.4, 0.5) is 0 Å². The topological polar surface area (TPSA) is 32.3 Å². The van der Waals surface area contributed by atoms with E-state index >= 15 is 0 Å². The standard InChI is InChI=1S/C19H23ClN2O/c1-2-22(14-17-6-4-3-5-7-17)15-19(23)21-13-12-16-8-10-18(20)11-9-16/h3-11H,2,12-15H2,1H3,(H,21,23). The zero-order valence-electron chi connectivity index (χ0n) is 13.5. The van der Waals surface area contributed by atoms with Gasteiger partial charge in [-0.3, -0.25) is 9.69 Å². The molecule has 0 aliphatic heterocycles. The molecule has 0 atom stereocenters. The molecule has 0 heterocycles. The molecule has 0 spiro atoms. The third-order valence-corrected chi connectivity index (χ3v) is 3.96. The Morgan fingerprint density at radius 2 is 1.74 bits per heavy atom. The second-order valence-corrected chi connectivity index (χ2v) is 5.95.